The van der Waals surface area contributed by atoms with Crippen molar-refractivity contribution in [3.63, 3.8) is 0 Å². The van der Waals surface area contributed by atoms with Crippen LogP contribution in [0.15, 0.2) is 47.4 Å². The second-order valence-corrected chi connectivity index (χ2v) is 9.22. The zero-order valence-corrected chi connectivity index (χ0v) is 17.6. The van der Waals surface area contributed by atoms with Gasteiger partial charge in [0, 0.05) is 19.2 Å². The Bertz CT molecular complexity index is 990. The number of ether oxygens (including phenoxy) is 1. The molecule has 1 heterocycles. The monoisotopic (exact) mass is 454 g/mol. The molecular formula is C21H24F2N2O5S. The molecule has 3 rings (SSSR count). The topological polar surface area (TPSA) is 87.2 Å². The Morgan fingerprint density at radius 2 is 1.77 bits per heavy atom. The SMILES string of the molecule is O=CN(O)CCc1ccccc1S(=O)(=O)N1CCC(OCc2cc(F)cc(F)c2)CC1. The number of hydrogen-bond acceptors (Lipinski definition) is 5. The van der Waals surface area contributed by atoms with E-state index in [9.17, 15) is 27.2 Å². The average molecular weight is 454 g/mol. The molecular weight excluding hydrogens is 430 g/mol. The third-order valence-electron chi connectivity index (χ3n) is 5.13. The van der Waals surface area contributed by atoms with Crippen molar-refractivity contribution in [3.8, 4) is 0 Å². The van der Waals surface area contributed by atoms with E-state index in [0.29, 0.717) is 29.0 Å². The third-order valence-corrected chi connectivity index (χ3v) is 7.13. The molecule has 7 nitrogen and oxygen atoms in total. The van der Waals surface area contributed by atoms with Crippen molar-refractivity contribution >= 4 is 16.4 Å². The zero-order valence-electron chi connectivity index (χ0n) is 16.8. The quantitative estimate of drug-likeness (QED) is 0.358. The highest BCUT2D eigenvalue weighted by atomic mass is 32.2. The molecule has 2 aromatic rings. The molecule has 1 saturated heterocycles. The number of hydrogen-bond donors (Lipinski definition) is 1. The van der Waals surface area contributed by atoms with Crippen LogP contribution in [0, 0.1) is 11.6 Å². The van der Waals surface area contributed by atoms with Crippen molar-refractivity contribution < 1.29 is 31.9 Å². The van der Waals surface area contributed by atoms with Crippen LogP contribution < -0.4 is 0 Å². The van der Waals surface area contributed by atoms with Gasteiger partial charge in [-0.3, -0.25) is 10.0 Å². The van der Waals surface area contributed by atoms with Gasteiger partial charge in [0.05, 0.1) is 24.2 Å². The Morgan fingerprint density at radius 3 is 2.42 bits per heavy atom. The molecule has 1 fully saturated rings. The minimum absolute atomic E-state index is 0.0212. The second kappa shape index (κ2) is 10.3. The standard InChI is InChI=1S/C21H24F2N2O5S/c22-18-11-16(12-19(23)13-18)14-30-20-6-9-25(10-7-20)31(28,29)21-4-2-1-3-17(21)5-8-24(27)15-26/h1-4,11-13,15,20,27H,5-10,14H2. The van der Waals surface area contributed by atoms with Gasteiger partial charge in [-0.15, -0.1) is 0 Å². The summed E-state index contributed by atoms with van der Waals surface area (Å²) >= 11 is 0. The predicted octanol–water partition coefficient (Wildman–Crippen LogP) is 2.72. The summed E-state index contributed by atoms with van der Waals surface area (Å²) in [6, 6.07) is 9.69. The van der Waals surface area contributed by atoms with Gasteiger partial charge < -0.3 is 4.74 Å². The van der Waals surface area contributed by atoms with Gasteiger partial charge >= 0.3 is 0 Å². The molecule has 0 saturated carbocycles. The number of halogens is 2. The highest BCUT2D eigenvalue weighted by Gasteiger charge is 2.31. The van der Waals surface area contributed by atoms with Crippen LogP contribution in [0.5, 0.6) is 0 Å². The van der Waals surface area contributed by atoms with Crippen LogP contribution in [-0.2, 0) is 32.6 Å². The molecule has 0 radical (unpaired) electrons. The lowest BCUT2D eigenvalue weighted by atomic mass is 10.1. The van der Waals surface area contributed by atoms with E-state index in [1.54, 1.807) is 18.2 Å². The first-order chi connectivity index (χ1) is 14.8. The molecule has 0 bridgehead atoms. The molecule has 10 heteroatoms. The summed E-state index contributed by atoms with van der Waals surface area (Å²) in [6.45, 7) is 0.522. The first kappa shape index (κ1) is 23.3. The second-order valence-electron chi connectivity index (χ2n) is 7.32. The minimum atomic E-state index is -3.76. The predicted molar refractivity (Wildman–Crippen MR) is 108 cm³/mol. The largest absolute Gasteiger partial charge is 0.373 e. The van der Waals surface area contributed by atoms with E-state index in [-0.39, 0.29) is 50.1 Å². The van der Waals surface area contributed by atoms with Gasteiger partial charge in [0.25, 0.3) is 0 Å². The summed E-state index contributed by atoms with van der Waals surface area (Å²) in [6.07, 6.45) is 1.14. The molecule has 2 aromatic carbocycles. The third kappa shape index (κ3) is 6.07. The Labute approximate surface area is 179 Å². The molecule has 0 spiro atoms. The number of piperidine rings is 1. The van der Waals surface area contributed by atoms with E-state index < -0.39 is 21.7 Å². The Hall–Kier alpha value is -2.40. The van der Waals surface area contributed by atoms with E-state index >= 15 is 0 Å². The van der Waals surface area contributed by atoms with Crippen LogP contribution in [0.3, 0.4) is 0 Å². The van der Waals surface area contributed by atoms with E-state index in [1.165, 1.54) is 22.5 Å². The summed E-state index contributed by atoms with van der Waals surface area (Å²) in [5, 5.41) is 9.77. The van der Waals surface area contributed by atoms with E-state index in [2.05, 4.69) is 0 Å². The van der Waals surface area contributed by atoms with Crippen LogP contribution >= 0.6 is 0 Å². The van der Waals surface area contributed by atoms with E-state index in [0.717, 1.165) is 6.07 Å². The van der Waals surface area contributed by atoms with Crippen LogP contribution in [0.4, 0.5) is 8.78 Å². The van der Waals surface area contributed by atoms with Gasteiger partial charge in [0.2, 0.25) is 16.4 Å². The zero-order chi connectivity index (χ0) is 22.4. The first-order valence-electron chi connectivity index (χ1n) is 9.85. The Balaban J connectivity index is 1.60. The number of amides is 1. The number of sulfonamides is 1. The Morgan fingerprint density at radius 1 is 1.13 bits per heavy atom. The minimum Gasteiger partial charge on any atom is -0.373 e. The number of benzene rings is 2. The number of carbonyl (C=O) groups is 1. The fourth-order valence-corrected chi connectivity index (χ4v) is 5.26. The highest BCUT2D eigenvalue weighted by Crippen LogP contribution is 2.25. The van der Waals surface area contributed by atoms with Crippen LogP contribution in [0.2, 0.25) is 0 Å². The van der Waals surface area contributed by atoms with Crippen molar-refractivity contribution in [1.82, 2.24) is 9.37 Å². The molecule has 1 aliphatic rings. The highest BCUT2D eigenvalue weighted by molar-refractivity contribution is 7.89. The van der Waals surface area contributed by atoms with Crippen molar-refractivity contribution in [2.75, 3.05) is 19.6 Å². The summed E-state index contributed by atoms with van der Waals surface area (Å²) in [5.74, 6) is -1.34. The average Bonchev–Trinajstić information content (AvgIpc) is 2.76. The van der Waals surface area contributed by atoms with Gasteiger partial charge in [0.1, 0.15) is 11.6 Å². The summed E-state index contributed by atoms with van der Waals surface area (Å²) in [4.78, 5) is 10.7. The molecule has 0 atom stereocenters. The van der Waals surface area contributed by atoms with Crippen molar-refractivity contribution in [2.45, 2.75) is 36.9 Å². The Kier molecular flexibility index (Phi) is 7.71. The van der Waals surface area contributed by atoms with E-state index in [1.807, 2.05) is 0 Å². The fourth-order valence-electron chi connectivity index (χ4n) is 3.54. The van der Waals surface area contributed by atoms with Crippen LogP contribution in [-0.4, -0.2) is 55.1 Å². The molecule has 1 amide bonds. The maximum Gasteiger partial charge on any atom is 0.243 e. The summed E-state index contributed by atoms with van der Waals surface area (Å²) in [5.41, 5.74) is 0.893. The smallest absolute Gasteiger partial charge is 0.243 e. The van der Waals surface area contributed by atoms with Crippen molar-refractivity contribution in [2.24, 2.45) is 0 Å². The normalized spacial score (nSPS) is 15.7. The first-order valence-corrected chi connectivity index (χ1v) is 11.3. The number of hydroxylamine groups is 2. The van der Waals surface area contributed by atoms with Gasteiger partial charge in [0.15, 0.2) is 0 Å². The fraction of sp³-hybridized carbons (Fsp3) is 0.381. The van der Waals surface area contributed by atoms with Crippen LogP contribution in [0.25, 0.3) is 0 Å². The lowest BCUT2D eigenvalue weighted by Gasteiger charge is -2.31. The van der Waals surface area contributed by atoms with Gasteiger partial charge in [-0.05, 0) is 48.6 Å². The van der Waals surface area contributed by atoms with Crippen molar-refractivity contribution in [3.05, 3.63) is 65.2 Å². The lowest BCUT2D eigenvalue weighted by molar-refractivity contribution is -0.149. The molecule has 0 unspecified atom stereocenters. The molecule has 0 aromatic heterocycles. The molecule has 31 heavy (non-hydrogen) atoms. The number of carbonyl (C=O) groups excluding carboxylic acids is 1. The van der Waals surface area contributed by atoms with Gasteiger partial charge in [-0.2, -0.15) is 4.31 Å². The maximum atomic E-state index is 13.3. The maximum absolute atomic E-state index is 13.3. The molecule has 1 N–H and O–H groups in total. The summed E-state index contributed by atoms with van der Waals surface area (Å²) in [7, 11) is -3.76. The van der Waals surface area contributed by atoms with Crippen molar-refractivity contribution in [1.29, 1.82) is 0 Å². The molecule has 1 aliphatic heterocycles. The summed E-state index contributed by atoms with van der Waals surface area (Å²) < 4.78 is 60.0. The van der Waals surface area contributed by atoms with Gasteiger partial charge in [-0.25, -0.2) is 22.3 Å². The number of nitrogens with zero attached hydrogens (tertiary/aromatic N) is 2. The van der Waals surface area contributed by atoms with Gasteiger partial charge in [-0.1, -0.05) is 18.2 Å². The number of rotatable bonds is 9. The van der Waals surface area contributed by atoms with E-state index in [4.69, 9.17) is 4.74 Å². The molecule has 0 aliphatic carbocycles. The molecule has 168 valence electrons. The van der Waals surface area contributed by atoms with Crippen LogP contribution in [0.1, 0.15) is 24.0 Å². The lowest BCUT2D eigenvalue weighted by Crippen LogP contribution is -2.41.